The van der Waals surface area contributed by atoms with Gasteiger partial charge in [-0.05, 0) is 19.1 Å². The van der Waals surface area contributed by atoms with Crippen LogP contribution in [0.1, 0.15) is 5.76 Å². The first-order valence-corrected chi connectivity index (χ1v) is 6.41. The summed E-state index contributed by atoms with van der Waals surface area (Å²) in [6.07, 6.45) is 1.21. The number of rotatable bonds is 3. The van der Waals surface area contributed by atoms with E-state index in [9.17, 15) is 14.0 Å². The fraction of sp³-hybridized carbons (Fsp3) is 0.143. The zero-order valence-corrected chi connectivity index (χ0v) is 11.5. The van der Waals surface area contributed by atoms with Gasteiger partial charge in [-0.25, -0.2) is 9.37 Å². The van der Waals surface area contributed by atoms with E-state index in [4.69, 9.17) is 4.52 Å². The van der Waals surface area contributed by atoms with Gasteiger partial charge < -0.3 is 9.84 Å². The van der Waals surface area contributed by atoms with Crippen LogP contribution < -0.4 is 10.9 Å². The number of aromatic nitrogens is 3. The van der Waals surface area contributed by atoms with Gasteiger partial charge in [0.1, 0.15) is 18.1 Å². The van der Waals surface area contributed by atoms with Crippen molar-refractivity contribution in [3.8, 4) is 0 Å². The average molecular weight is 302 g/mol. The highest BCUT2D eigenvalue weighted by Crippen LogP contribution is 2.09. The molecule has 2 aromatic heterocycles. The first kappa shape index (κ1) is 13.9. The molecule has 1 aromatic carbocycles. The Morgan fingerprint density at radius 3 is 2.95 bits per heavy atom. The molecule has 0 aliphatic rings. The molecule has 0 bridgehead atoms. The predicted octanol–water partition coefficient (Wildman–Crippen LogP) is 1.47. The van der Waals surface area contributed by atoms with Gasteiger partial charge in [0.05, 0.1) is 17.2 Å². The molecule has 112 valence electrons. The van der Waals surface area contributed by atoms with Crippen LogP contribution in [0.15, 0.2) is 39.9 Å². The minimum absolute atomic E-state index is 0.231. The Kier molecular flexibility index (Phi) is 3.42. The highest BCUT2D eigenvalue weighted by molar-refractivity contribution is 5.89. The van der Waals surface area contributed by atoms with E-state index < -0.39 is 17.3 Å². The molecule has 0 aliphatic carbocycles. The van der Waals surface area contributed by atoms with Crippen molar-refractivity contribution < 1.29 is 13.7 Å². The monoisotopic (exact) mass is 302 g/mol. The molecule has 3 rings (SSSR count). The summed E-state index contributed by atoms with van der Waals surface area (Å²) in [5, 5.41) is 6.38. The minimum atomic E-state index is -0.476. The number of hydrogen-bond donors (Lipinski definition) is 1. The van der Waals surface area contributed by atoms with E-state index in [2.05, 4.69) is 15.5 Å². The summed E-state index contributed by atoms with van der Waals surface area (Å²) in [4.78, 5) is 28.1. The molecule has 22 heavy (non-hydrogen) atoms. The third-order valence-electron chi connectivity index (χ3n) is 3.00. The van der Waals surface area contributed by atoms with Crippen LogP contribution >= 0.6 is 0 Å². The van der Waals surface area contributed by atoms with Gasteiger partial charge >= 0.3 is 0 Å². The van der Waals surface area contributed by atoms with Crippen molar-refractivity contribution in [2.75, 3.05) is 5.32 Å². The van der Waals surface area contributed by atoms with Crippen molar-refractivity contribution >= 4 is 22.6 Å². The molecular formula is C14H11FN4O3. The predicted molar refractivity (Wildman–Crippen MR) is 75.8 cm³/mol. The maximum absolute atomic E-state index is 13.1. The molecular weight excluding hydrogens is 291 g/mol. The van der Waals surface area contributed by atoms with Gasteiger partial charge in [0, 0.05) is 12.1 Å². The SMILES string of the molecule is Cc1cc(NC(=O)Cn2cnc3cc(F)ccc3c2=O)no1. The lowest BCUT2D eigenvalue weighted by Gasteiger charge is -2.06. The van der Waals surface area contributed by atoms with Gasteiger partial charge in [0.2, 0.25) is 5.91 Å². The van der Waals surface area contributed by atoms with Crippen LogP contribution in [0.3, 0.4) is 0 Å². The Hall–Kier alpha value is -3.03. The van der Waals surface area contributed by atoms with Gasteiger partial charge in [-0.1, -0.05) is 5.16 Å². The molecule has 3 aromatic rings. The van der Waals surface area contributed by atoms with Gasteiger partial charge in [-0.15, -0.1) is 0 Å². The molecule has 0 fully saturated rings. The molecule has 0 radical (unpaired) electrons. The van der Waals surface area contributed by atoms with Crippen molar-refractivity contribution in [1.29, 1.82) is 0 Å². The molecule has 8 heteroatoms. The van der Waals surface area contributed by atoms with Crippen LogP contribution in [0.2, 0.25) is 0 Å². The highest BCUT2D eigenvalue weighted by Gasteiger charge is 2.10. The van der Waals surface area contributed by atoms with Gasteiger partial charge in [-0.2, -0.15) is 0 Å². The summed E-state index contributed by atoms with van der Waals surface area (Å²) in [6, 6.07) is 5.24. The summed E-state index contributed by atoms with van der Waals surface area (Å²) < 4.78 is 19.1. The van der Waals surface area contributed by atoms with Crippen molar-refractivity contribution in [1.82, 2.24) is 14.7 Å². The number of hydrogen-bond acceptors (Lipinski definition) is 5. The molecule has 0 spiro atoms. The van der Waals surface area contributed by atoms with Crippen LogP contribution in [0.4, 0.5) is 10.2 Å². The Labute approximate surface area is 123 Å². The van der Waals surface area contributed by atoms with Gasteiger partial charge in [0.15, 0.2) is 5.82 Å². The second-order valence-corrected chi connectivity index (χ2v) is 4.71. The Morgan fingerprint density at radius 2 is 2.23 bits per heavy atom. The van der Waals surface area contributed by atoms with Crippen molar-refractivity contribution in [3.63, 3.8) is 0 Å². The highest BCUT2D eigenvalue weighted by atomic mass is 19.1. The van der Waals surface area contributed by atoms with Gasteiger partial charge in [-0.3, -0.25) is 14.2 Å². The fourth-order valence-corrected chi connectivity index (χ4v) is 2.01. The van der Waals surface area contributed by atoms with E-state index in [-0.39, 0.29) is 23.3 Å². The molecule has 0 unspecified atom stereocenters. The molecule has 1 amide bonds. The van der Waals surface area contributed by atoms with Crippen LogP contribution in [0.25, 0.3) is 10.9 Å². The number of halogens is 1. The smallest absolute Gasteiger partial charge is 0.261 e. The number of nitrogens with zero attached hydrogens (tertiary/aromatic N) is 3. The first-order chi connectivity index (χ1) is 10.5. The third-order valence-corrected chi connectivity index (χ3v) is 3.00. The van der Waals surface area contributed by atoms with E-state index >= 15 is 0 Å². The summed E-state index contributed by atoms with van der Waals surface area (Å²) in [5.74, 6) is -0.0943. The number of benzene rings is 1. The van der Waals surface area contributed by atoms with E-state index in [0.29, 0.717) is 5.76 Å². The maximum Gasteiger partial charge on any atom is 0.261 e. The Balaban J connectivity index is 1.84. The summed E-state index contributed by atoms with van der Waals surface area (Å²) in [6.45, 7) is 1.46. The van der Waals surface area contributed by atoms with Crippen LogP contribution in [-0.4, -0.2) is 20.6 Å². The second kappa shape index (κ2) is 5.40. The Bertz CT molecular complexity index is 916. The zero-order chi connectivity index (χ0) is 15.7. The standard InChI is InChI=1S/C14H11FN4O3/c1-8-4-12(18-22-8)17-13(20)6-19-7-16-11-5-9(15)2-3-10(11)14(19)21/h2-5,7H,6H2,1H3,(H,17,18,20). The van der Waals surface area contributed by atoms with E-state index in [1.807, 2.05) is 0 Å². The number of nitrogens with one attached hydrogen (secondary N) is 1. The lowest BCUT2D eigenvalue weighted by molar-refractivity contribution is -0.116. The van der Waals surface area contributed by atoms with Crippen molar-refractivity contribution in [2.24, 2.45) is 0 Å². The number of fused-ring (bicyclic) bond motifs is 1. The quantitative estimate of drug-likeness (QED) is 0.791. The lowest BCUT2D eigenvalue weighted by atomic mass is 10.2. The fourth-order valence-electron chi connectivity index (χ4n) is 2.01. The topological polar surface area (TPSA) is 90.0 Å². The maximum atomic E-state index is 13.1. The summed E-state index contributed by atoms with van der Waals surface area (Å²) >= 11 is 0. The second-order valence-electron chi connectivity index (χ2n) is 4.71. The average Bonchev–Trinajstić information content (AvgIpc) is 2.87. The lowest BCUT2D eigenvalue weighted by Crippen LogP contribution is -2.28. The number of carbonyl (C=O) groups excluding carboxylic acids is 1. The largest absolute Gasteiger partial charge is 0.360 e. The molecule has 1 N–H and O–H groups in total. The first-order valence-electron chi connectivity index (χ1n) is 6.41. The van der Waals surface area contributed by atoms with E-state index in [1.54, 1.807) is 13.0 Å². The summed E-state index contributed by atoms with van der Waals surface area (Å²) in [5.41, 5.74) is -0.176. The molecule has 0 atom stereocenters. The number of aryl methyl sites for hydroxylation is 1. The van der Waals surface area contributed by atoms with Crippen LogP contribution in [0, 0.1) is 12.7 Å². The summed E-state index contributed by atoms with van der Waals surface area (Å²) in [7, 11) is 0. The molecule has 0 aliphatic heterocycles. The minimum Gasteiger partial charge on any atom is -0.360 e. The van der Waals surface area contributed by atoms with Crippen molar-refractivity contribution in [2.45, 2.75) is 13.5 Å². The zero-order valence-electron chi connectivity index (χ0n) is 11.5. The molecule has 2 heterocycles. The number of carbonyl (C=O) groups is 1. The van der Waals surface area contributed by atoms with E-state index in [0.717, 1.165) is 4.57 Å². The number of amides is 1. The third kappa shape index (κ3) is 2.71. The normalized spacial score (nSPS) is 10.8. The van der Waals surface area contributed by atoms with Crippen molar-refractivity contribution in [3.05, 3.63) is 52.5 Å². The molecule has 0 saturated carbocycles. The number of anilines is 1. The molecule has 7 nitrogen and oxygen atoms in total. The van der Waals surface area contributed by atoms with Gasteiger partial charge in [0.25, 0.3) is 5.56 Å². The molecule has 0 saturated heterocycles. The van der Waals surface area contributed by atoms with Crippen LogP contribution in [0.5, 0.6) is 0 Å². The van der Waals surface area contributed by atoms with E-state index in [1.165, 1.54) is 24.5 Å². The van der Waals surface area contributed by atoms with Crippen LogP contribution in [-0.2, 0) is 11.3 Å². The Morgan fingerprint density at radius 1 is 1.41 bits per heavy atom.